The van der Waals surface area contributed by atoms with Crippen molar-refractivity contribution >= 4 is 34.8 Å². The molecule has 2 aliphatic carbocycles. The molecule has 2 aliphatic rings. The van der Waals surface area contributed by atoms with Gasteiger partial charge in [0.1, 0.15) is 17.4 Å². The first-order valence-corrected chi connectivity index (χ1v) is 14.3. The topological polar surface area (TPSA) is 89.6 Å². The van der Waals surface area contributed by atoms with E-state index in [9.17, 15) is 14.7 Å². The number of aliphatic hydroxyl groups excluding tert-OH is 1. The zero-order chi connectivity index (χ0) is 28.0. The Labute approximate surface area is 236 Å². The fraction of sp³-hybridized carbons (Fsp3) is 0.548. The largest absolute Gasteiger partial charge is 0.481 e. The van der Waals surface area contributed by atoms with Crippen LogP contribution in [0.1, 0.15) is 71.4 Å². The van der Waals surface area contributed by atoms with E-state index in [4.69, 9.17) is 33.7 Å². The minimum absolute atomic E-state index is 0.0459. The number of Topliss-reactive ketones (excluding diaryl/α,β-unsaturated/α-hetero) is 2. The predicted molar refractivity (Wildman–Crippen MR) is 152 cm³/mol. The van der Waals surface area contributed by atoms with Crippen LogP contribution in [0, 0.1) is 23.7 Å². The number of hydrogen-bond acceptors (Lipinski definition) is 5. The van der Waals surface area contributed by atoms with Crippen LogP contribution in [-0.2, 0) is 20.5 Å². The van der Waals surface area contributed by atoms with Crippen LogP contribution in [0.15, 0.2) is 42.5 Å². The summed E-state index contributed by atoms with van der Waals surface area (Å²) in [6.45, 7) is 10.4. The molecule has 6 atom stereocenters. The fourth-order valence-electron chi connectivity index (χ4n) is 6.35. The Morgan fingerprint density at radius 2 is 1.50 bits per heavy atom. The normalized spacial score (nSPS) is 32.2. The number of ether oxygens (including phenoxy) is 1. The van der Waals surface area contributed by atoms with Crippen molar-refractivity contribution in [2.45, 2.75) is 83.5 Å². The average molecular weight is 561 g/mol. The number of nitrogens with two attached hydrogens (primary N) is 1. The number of halogens is 2. The van der Waals surface area contributed by atoms with Gasteiger partial charge in [0.25, 0.3) is 0 Å². The van der Waals surface area contributed by atoms with Crippen LogP contribution in [0.4, 0.5) is 0 Å². The van der Waals surface area contributed by atoms with Crippen molar-refractivity contribution in [2.75, 3.05) is 0 Å². The predicted octanol–water partition coefficient (Wildman–Crippen LogP) is 6.48. The van der Waals surface area contributed by atoms with E-state index >= 15 is 0 Å². The highest BCUT2D eigenvalue weighted by molar-refractivity contribution is 6.33. The molecule has 1 unspecified atom stereocenters. The van der Waals surface area contributed by atoms with Gasteiger partial charge in [-0.3, -0.25) is 9.59 Å². The van der Waals surface area contributed by atoms with Gasteiger partial charge in [0.2, 0.25) is 0 Å². The average Bonchev–Trinajstić information content (AvgIpc) is 2.86. The lowest BCUT2D eigenvalue weighted by Gasteiger charge is -2.43. The zero-order valence-corrected chi connectivity index (χ0v) is 24.4. The van der Waals surface area contributed by atoms with Crippen molar-refractivity contribution < 1.29 is 19.4 Å². The molecule has 38 heavy (non-hydrogen) atoms. The van der Waals surface area contributed by atoms with E-state index in [1.54, 1.807) is 18.2 Å². The third-order valence-corrected chi connectivity index (χ3v) is 9.66. The third kappa shape index (κ3) is 5.15. The number of ketones is 2. The summed E-state index contributed by atoms with van der Waals surface area (Å²) in [6, 6.07) is 12.6. The molecule has 0 radical (unpaired) electrons. The highest BCUT2D eigenvalue weighted by Crippen LogP contribution is 2.47. The lowest BCUT2D eigenvalue weighted by Crippen LogP contribution is -2.55. The monoisotopic (exact) mass is 559 g/mol. The molecular formula is C31H39Cl2NO4. The molecule has 7 heteroatoms. The molecular weight excluding hydrogens is 521 g/mol. The van der Waals surface area contributed by atoms with Gasteiger partial charge in [-0.15, -0.1) is 0 Å². The van der Waals surface area contributed by atoms with Gasteiger partial charge in [-0.25, -0.2) is 0 Å². The maximum Gasteiger partial charge on any atom is 0.185 e. The number of aliphatic hydroxyl groups is 1. The van der Waals surface area contributed by atoms with Crippen LogP contribution in [0.2, 0.25) is 10.0 Å². The van der Waals surface area contributed by atoms with Crippen molar-refractivity contribution in [3.05, 3.63) is 63.6 Å². The number of hydrogen-bond donors (Lipinski definition) is 2. The van der Waals surface area contributed by atoms with Crippen LogP contribution >= 0.6 is 23.2 Å². The zero-order valence-electron chi connectivity index (χ0n) is 22.8. The molecule has 206 valence electrons. The second-order valence-electron chi connectivity index (χ2n) is 12.1. The van der Waals surface area contributed by atoms with Crippen molar-refractivity contribution in [1.82, 2.24) is 0 Å². The summed E-state index contributed by atoms with van der Waals surface area (Å²) < 4.78 is 6.39. The Morgan fingerprint density at radius 3 is 2.13 bits per heavy atom. The van der Waals surface area contributed by atoms with Crippen LogP contribution in [0.25, 0.3) is 0 Å². The first-order chi connectivity index (χ1) is 17.8. The van der Waals surface area contributed by atoms with Gasteiger partial charge in [0.15, 0.2) is 17.7 Å². The second kappa shape index (κ2) is 10.9. The van der Waals surface area contributed by atoms with Crippen molar-refractivity contribution in [2.24, 2.45) is 29.4 Å². The van der Waals surface area contributed by atoms with E-state index in [1.807, 2.05) is 31.2 Å². The van der Waals surface area contributed by atoms with Crippen LogP contribution in [0.3, 0.4) is 0 Å². The van der Waals surface area contributed by atoms with Gasteiger partial charge in [-0.05, 0) is 74.0 Å². The molecule has 2 aromatic rings. The smallest absolute Gasteiger partial charge is 0.185 e. The van der Waals surface area contributed by atoms with Gasteiger partial charge >= 0.3 is 0 Å². The third-order valence-electron chi connectivity index (χ3n) is 8.94. The quantitative estimate of drug-likeness (QED) is 0.422. The highest BCUT2D eigenvalue weighted by atomic mass is 35.5. The molecule has 2 saturated carbocycles. The molecule has 0 aromatic heterocycles. The Morgan fingerprint density at radius 1 is 0.895 bits per heavy atom. The molecule has 5 nitrogen and oxygen atoms in total. The summed E-state index contributed by atoms with van der Waals surface area (Å²) in [6.07, 6.45) is 0.108. The van der Waals surface area contributed by atoms with E-state index < -0.39 is 28.9 Å². The Bertz CT molecular complexity index is 1210. The molecule has 0 bridgehead atoms. The highest BCUT2D eigenvalue weighted by Gasteiger charge is 2.50. The Kier molecular flexibility index (Phi) is 8.36. The van der Waals surface area contributed by atoms with Gasteiger partial charge < -0.3 is 15.6 Å². The maximum absolute atomic E-state index is 14.0. The fourth-order valence-corrected chi connectivity index (χ4v) is 7.03. The van der Waals surface area contributed by atoms with E-state index in [0.717, 1.165) is 5.56 Å². The molecule has 0 saturated heterocycles. The lowest BCUT2D eigenvalue weighted by molar-refractivity contribution is -0.139. The first-order valence-electron chi connectivity index (χ1n) is 13.6. The van der Waals surface area contributed by atoms with Crippen molar-refractivity contribution in [1.29, 1.82) is 0 Å². The van der Waals surface area contributed by atoms with E-state index in [1.165, 1.54) is 0 Å². The first kappa shape index (κ1) is 29.1. The van der Waals surface area contributed by atoms with E-state index in [-0.39, 0.29) is 28.6 Å². The molecule has 2 fully saturated rings. The second-order valence-corrected chi connectivity index (χ2v) is 12.9. The summed E-state index contributed by atoms with van der Waals surface area (Å²) >= 11 is 13.5. The summed E-state index contributed by atoms with van der Waals surface area (Å²) in [4.78, 5) is 27.2. The summed E-state index contributed by atoms with van der Waals surface area (Å²) in [5.74, 6) is 0.699. The molecule has 0 heterocycles. The maximum atomic E-state index is 14.0. The molecule has 4 rings (SSSR count). The number of rotatable bonds is 6. The minimum Gasteiger partial charge on any atom is -0.481 e. The van der Waals surface area contributed by atoms with Crippen LogP contribution in [-0.4, -0.2) is 28.9 Å². The van der Waals surface area contributed by atoms with Crippen molar-refractivity contribution in [3.8, 4) is 5.75 Å². The number of carbonyl (C=O) groups is 2. The molecule has 0 amide bonds. The molecule has 3 N–H and O–H groups in total. The Balaban J connectivity index is 1.71. The van der Waals surface area contributed by atoms with Crippen LogP contribution < -0.4 is 10.5 Å². The standard InChI is InChI=1S/C31H39Cl2NO4/c1-17(2)19-13-24(35)28(36)31(34,16-19)22-10-8-12-25(27(22)33)38-26-14-20(18(3)4)15-30(5,29(26)37)21-9-6-7-11-23(21)32/h6-12,17-20,24,26,35H,13-16,34H2,1-5H3/t19-,20?,24+,26-,30+,31+/m0/s1. The SMILES string of the molecule is CC(C)C1C[C@H](Oc2cccc([C@]3(N)C[C@@H](C(C)C)C[C@@H](O)C3=O)c2Cl)C(=O)[C@@](C)(c2ccccc2Cl)C1. The van der Waals surface area contributed by atoms with Gasteiger partial charge in [0.05, 0.1) is 10.4 Å². The van der Waals surface area contributed by atoms with E-state index in [0.29, 0.717) is 47.9 Å². The van der Waals surface area contributed by atoms with Crippen molar-refractivity contribution in [3.63, 3.8) is 0 Å². The summed E-state index contributed by atoms with van der Waals surface area (Å²) in [5.41, 5.74) is 5.70. The summed E-state index contributed by atoms with van der Waals surface area (Å²) in [5, 5.41) is 11.3. The van der Waals surface area contributed by atoms with Gasteiger partial charge in [-0.1, -0.05) is 81.2 Å². The molecule has 0 aliphatic heterocycles. The lowest BCUT2D eigenvalue weighted by atomic mass is 9.63. The molecule has 2 aromatic carbocycles. The summed E-state index contributed by atoms with van der Waals surface area (Å²) in [7, 11) is 0. The van der Waals surface area contributed by atoms with E-state index in [2.05, 4.69) is 27.7 Å². The number of benzene rings is 2. The number of carbonyl (C=O) groups excluding carboxylic acids is 2. The molecule has 0 spiro atoms. The van der Waals surface area contributed by atoms with Gasteiger partial charge in [0, 0.05) is 10.6 Å². The Hall–Kier alpha value is -1.92. The van der Waals surface area contributed by atoms with Gasteiger partial charge in [-0.2, -0.15) is 0 Å². The minimum atomic E-state index is -1.44. The van der Waals surface area contributed by atoms with Crippen LogP contribution in [0.5, 0.6) is 5.75 Å².